The summed E-state index contributed by atoms with van der Waals surface area (Å²) in [5.41, 5.74) is 3.22. The van der Waals surface area contributed by atoms with Gasteiger partial charge in [-0.05, 0) is 42.4 Å². The van der Waals surface area contributed by atoms with Gasteiger partial charge in [-0.25, -0.2) is 0 Å². The summed E-state index contributed by atoms with van der Waals surface area (Å²) in [6, 6.07) is 6.11. The zero-order chi connectivity index (χ0) is 15.0. The van der Waals surface area contributed by atoms with Crippen LogP contribution in [0.2, 0.25) is 0 Å². The van der Waals surface area contributed by atoms with Crippen LogP contribution in [0.5, 0.6) is 0 Å². The van der Waals surface area contributed by atoms with Crippen LogP contribution in [0.1, 0.15) is 49.3 Å². The Kier molecular flexibility index (Phi) is 3.70. The number of hydrogen-bond acceptors (Lipinski definition) is 2. The highest BCUT2D eigenvalue weighted by Crippen LogP contribution is 2.35. The molecule has 0 unspecified atom stereocenters. The Bertz CT molecular complexity index is 536. The molecule has 2 aliphatic heterocycles. The van der Waals surface area contributed by atoms with Gasteiger partial charge in [0.05, 0.1) is 0 Å². The molecule has 1 aromatic rings. The molecule has 2 saturated heterocycles. The molecule has 4 nitrogen and oxygen atoms in total. The number of rotatable bonds is 3. The average Bonchev–Trinajstić information content (AvgIpc) is 2.78. The fraction of sp³-hybridized carbons (Fsp3) is 0.529. The van der Waals surface area contributed by atoms with E-state index >= 15 is 0 Å². The minimum atomic E-state index is -0.616. The molecule has 0 atom stereocenters. The number of hydrogen-bond donors (Lipinski definition) is 0. The lowest BCUT2D eigenvalue weighted by Crippen LogP contribution is -2.45. The normalized spacial score (nSPS) is 19.3. The smallest absolute Gasteiger partial charge is 0.258 e. The molecule has 0 bridgehead atoms. The maximum absolute atomic E-state index is 12.8. The molecular weight excluding hydrogens is 264 g/mol. The Morgan fingerprint density at radius 2 is 1.43 bits per heavy atom. The number of benzene rings is 1. The Balaban J connectivity index is 2.08. The van der Waals surface area contributed by atoms with Crippen molar-refractivity contribution in [2.45, 2.75) is 45.4 Å². The summed E-state index contributed by atoms with van der Waals surface area (Å²) in [5, 5.41) is 3.34. The van der Waals surface area contributed by atoms with Crippen molar-refractivity contribution in [3.8, 4) is 0 Å². The summed E-state index contributed by atoms with van der Waals surface area (Å²) in [6.07, 6.45) is 3.66. The monoisotopic (exact) mass is 286 g/mol. The zero-order valence-electron chi connectivity index (χ0n) is 12.8. The van der Waals surface area contributed by atoms with Gasteiger partial charge in [-0.1, -0.05) is 32.0 Å². The number of hydrazine groups is 1. The van der Waals surface area contributed by atoms with Gasteiger partial charge < -0.3 is 0 Å². The van der Waals surface area contributed by atoms with Crippen molar-refractivity contribution in [3.05, 3.63) is 34.9 Å². The Morgan fingerprint density at radius 1 is 0.952 bits per heavy atom. The van der Waals surface area contributed by atoms with Crippen LogP contribution in [0, 0.1) is 0 Å². The Morgan fingerprint density at radius 3 is 1.86 bits per heavy atom. The molecule has 0 radical (unpaired) electrons. The van der Waals surface area contributed by atoms with Crippen molar-refractivity contribution in [2.24, 2.45) is 0 Å². The first-order valence-corrected chi connectivity index (χ1v) is 7.92. The molecule has 1 aromatic carbocycles. The summed E-state index contributed by atoms with van der Waals surface area (Å²) >= 11 is 0. The van der Waals surface area contributed by atoms with Crippen LogP contribution in [-0.2, 0) is 22.4 Å². The lowest BCUT2D eigenvalue weighted by molar-refractivity contribution is -0.150. The predicted octanol–water partition coefficient (Wildman–Crippen LogP) is 2.27. The SMILES string of the molecule is CCc1cccc(CC)c1C1C(=O)N2CCCCN2C1=O. The van der Waals surface area contributed by atoms with Crippen molar-refractivity contribution >= 4 is 11.8 Å². The van der Waals surface area contributed by atoms with Gasteiger partial charge in [-0.3, -0.25) is 19.6 Å². The number of nitrogens with zero attached hydrogens (tertiary/aromatic N) is 2. The highest BCUT2D eigenvalue weighted by Gasteiger charge is 2.48. The van der Waals surface area contributed by atoms with E-state index < -0.39 is 5.92 Å². The first-order chi connectivity index (χ1) is 10.2. The van der Waals surface area contributed by atoms with Gasteiger partial charge in [0, 0.05) is 13.1 Å². The van der Waals surface area contributed by atoms with Gasteiger partial charge in [0.25, 0.3) is 11.8 Å². The van der Waals surface area contributed by atoms with Crippen molar-refractivity contribution in [1.82, 2.24) is 10.0 Å². The van der Waals surface area contributed by atoms with Gasteiger partial charge >= 0.3 is 0 Å². The van der Waals surface area contributed by atoms with E-state index in [-0.39, 0.29) is 11.8 Å². The second-order valence-electron chi connectivity index (χ2n) is 5.76. The van der Waals surface area contributed by atoms with Crippen molar-refractivity contribution < 1.29 is 9.59 Å². The van der Waals surface area contributed by atoms with E-state index in [0.717, 1.165) is 42.4 Å². The summed E-state index contributed by atoms with van der Waals surface area (Å²) in [6.45, 7) is 5.51. The fourth-order valence-corrected chi connectivity index (χ4v) is 3.53. The second kappa shape index (κ2) is 5.51. The van der Waals surface area contributed by atoms with Crippen LogP contribution >= 0.6 is 0 Å². The first-order valence-electron chi connectivity index (χ1n) is 7.92. The molecule has 0 N–H and O–H groups in total. The zero-order valence-corrected chi connectivity index (χ0v) is 12.8. The Labute approximate surface area is 125 Å². The average molecular weight is 286 g/mol. The number of carbonyl (C=O) groups excluding carboxylic acids is 2. The number of carbonyl (C=O) groups is 2. The molecular formula is C17H22N2O2. The molecule has 112 valence electrons. The fourth-order valence-electron chi connectivity index (χ4n) is 3.53. The number of aryl methyl sites for hydroxylation is 2. The van der Waals surface area contributed by atoms with Crippen LogP contribution < -0.4 is 0 Å². The van der Waals surface area contributed by atoms with E-state index in [4.69, 9.17) is 0 Å². The van der Waals surface area contributed by atoms with Crippen LogP contribution in [0.25, 0.3) is 0 Å². The molecule has 0 aromatic heterocycles. The molecule has 0 saturated carbocycles. The Hall–Kier alpha value is -1.84. The topological polar surface area (TPSA) is 40.6 Å². The van der Waals surface area contributed by atoms with E-state index in [1.165, 1.54) is 0 Å². The summed E-state index contributed by atoms with van der Waals surface area (Å²) in [4.78, 5) is 25.5. The summed E-state index contributed by atoms with van der Waals surface area (Å²) in [5.74, 6) is -0.681. The standard InChI is InChI=1S/C17H22N2O2/c1-3-12-8-7-9-13(4-2)14(12)15-16(20)18-10-5-6-11-19(18)17(15)21/h7-9,15H,3-6,10-11H2,1-2H3. The molecule has 2 heterocycles. The van der Waals surface area contributed by atoms with Gasteiger partial charge in [0.2, 0.25) is 0 Å². The maximum Gasteiger partial charge on any atom is 0.258 e. The summed E-state index contributed by atoms with van der Waals surface area (Å²) in [7, 11) is 0. The minimum Gasteiger partial charge on any atom is -0.272 e. The third kappa shape index (κ3) is 2.13. The van der Waals surface area contributed by atoms with Crippen LogP contribution in [0.4, 0.5) is 0 Å². The highest BCUT2D eigenvalue weighted by atomic mass is 16.2. The minimum absolute atomic E-state index is 0.0321. The highest BCUT2D eigenvalue weighted by molar-refractivity contribution is 6.10. The van der Waals surface area contributed by atoms with Crippen molar-refractivity contribution in [2.75, 3.05) is 13.1 Å². The van der Waals surface area contributed by atoms with Crippen molar-refractivity contribution in [3.63, 3.8) is 0 Å². The van der Waals surface area contributed by atoms with E-state index in [1.54, 1.807) is 10.0 Å². The van der Waals surface area contributed by atoms with E-state index in [1.807, 2.05) is 18.2 Å². The molecule has 2 fully saturated rings. The molecule has 2 amide bonds. The van der Waals surface area contributed by atoms with Crippen molar-refractivity contribution in [1.29, 1.82) is 0 Å². The van der Waals surface area contributed by atoms with Crippen LogP contribution in [-0.4, -0.2) is 34.9 Å². The molecule has 21 heavy (non-hydrogen) atoms. The number of amides is 2. The lowest BCUT2D eigenvalue weighted by Gasteiger charge is -2.31. The van der Waals surface area contributed by atoms with Crippen LogP contribution in [0.3, 0.4) is 0 Å². The third-order valence-electron chi connectivity index (χ3n) is 4.62. The van der Waals surface area contributed by atoms with E-state index in [9.17, 15) is 9.59 Å². The summed E-state index contributed by atoms with van der Waals surface area (Å²) < 4.78 is 0. The molecule has 0 spiro atoms. The van der Waals surface area contributed by atoms with Gasteiger partial charge in [-0.15, -0.1) is 0 Å². The first kappa shape index (κ1) is 14.1. The van der Waals surface area contributed by atoms with Crippen LogP contribution in [0.15, 0.2) is 18.2 Å². The second-order valence-corrected chi connectivity index (χ2v) is 5.76. The van der Waals surface area contributed by atoms with Gasteiger partial charge in [0.15, 0.2) is 0 Å². The maximum atomic E-state index is 12.8. The quantitative estimate of drug-likeness (QED) is 0.800. The third-order valence-corrected chi connectivity index (χ3v) is 4.62. The van der Waals surface area contributed by atoms with E-state index in [2.05, 4.69) is 13.8 Å². The predicted molar refractivity (Wildman–Crippen MR) is 80.6 cm³/mol. The molecule has 2 aliphatic rings. The molecule has 3 rings (SSSR count). The molecule has 0 aliphatic carbocycles. The molecule has 4 heteroatoms. The van der Waals surface area contributed by atoms with E-state index in [0.29, 0.717) is 13.1 Å². The van der Waals surface area contributed by atoms with Gasteiger partial charge in [-0.2, -0.15) is 0 Å². The number of fused-ring (bicyclic) bond motifs is 1. The lowest BCUT2D eigenvalue weighted by atomic mass is 9.87. The van der Waals surface area contributed by atoms with Gasteiger partial charge in [0.1, 0.15) is 5.92 Å². The largest absolute Gasteiger partial charge is 0.272 e.